The van der Waals surface area contributed by atoms with Gasteiger partial charge in [0, 0.05) is 23.9 Å². The summed E-state index contributed by atoms with van der Waals surface area (Å²) in [6.07, 6.45) is 1.92. The molecular weight excluding hydrogens is 406 g/mol. The third-order valence-electron chi connectivity index (χ3n) is 5.16. The molecule has 0 fully saturated rings. The highest BCUT2D eigenvalue weighted by Gasteiger charge is 2.19. The van der Waals surface area contributed by atoms with Crippen LogP contribution in [0.4, 0.5) is 0 Å². The Hall–Kier alpha value is -3.22. The minimum absolute atomic E-state index is 0.161. The first-order chi connectivity index (χ1) is 14.9. The zero-order valence-corrected chi connectivity index (χ0v) is 18.4. The third kappa shape index (κ3) is 4.93. The number of nitrogens with one attached hydrogen (secondary N) is 1. The quantitative estimate of drug-likeness (QED) is 0.462. The second-order valence-corrected chi connectivity index (χ2v) is 9.38. The van der Waals surface area contributed by atoms with Crippen molar-refractivity contribution >= 4 is 10.0 Å². The van der Waals surface area contributed by atoms with E-state index >= 15 is 0 Å². The van der Waals surface area contributed by atoms with Gasteiger partial charge in [0.05, 0.1) is 17.1 Å². The van der Waals surface area contributed by atoms with Crippen LogP contribution in [0.5, 0.6) is 0 Å². The van der Waals surface area contributed by atoms with Crippen molar-refractivity contribution in [2.45, 2.75) is 31.8 Å². The Morgan fingerprint density at radius 1 is 0.903 bits per heavy atom. The number of nitrogens with zero attached hydrogens (tertiary/aromatic N) is 2. The van der Waals surface area contributed by atoms with Gasteiger partial charge >= 0.3 is 0 Å². The van der Waals surface area contributed by atoms with Crippen molar-refractivity contribution in [3.05, 3.63) is 107 Å². The van der Waals surface area contributed by atoms with E-state index in [2.05, 4.69) is 4.72 Å². The van der Waals surface area contributed by atoms with Gasteiger partial charge < -0.3 is 0 Å². The molecule has 4 aromatic rings. The molecule has 1 aromatic heterocycles. The second kappa shape index (κ2) is 8.88. The predicted octanol–water partition coefficient (Wildman–Crippen LogP) is 4.69. The van der Waals surface area contributed by atoms with E-state index in [1.807, 2.05) is 90.6 Å². The summed E-state index contributed by atoms with van der Waals surface area (Å²) in [5, 5.41) is 4.76. The predicted molar refractivity (Wildman–Crippen MR) is 123 cm³/mol. The van der Waals surface area contributed by atoms with Crippen LogP contribution in [0.3, 0.4) is 0 Å². The second-order valence-electron chi connectivity index (χ2n) is 7.65. The van der Waals surface area contributed by atoms with Crippen LogP contribution < -0.4 is 4.72 Å². The number of sulfonamides is 1. The van der Waals surface area contributed by atoms with Gasteiger partial charge in [-0.15, -0.1) is 0 Å². The fourth-order valence-electron chi connectivity index (χ4n) is 3.53. The topological polar surface area (TPSA) is 64.0 Å². The Morgan fingerprint density at radius 3 is 2.29 bits per heavy atom. The number of aromatic nitrogens is 2. The van der Waals surface area contributed by atoms with Crippen molar-refractivity contribution in [2.75, 3.05) is 0 Å². The molecular formula is C25H25N3O2S. The van der Waals surface area contributed by atoms with Crippen molar-refractivity contribution in [1.82, 2.24) is 14.5 Å². The lowest BCUT2D eigenvalue weighted by atomic mass is 10.1. The molecule has 158 valence electrons. The van der Waals surface area contributed by atoms with Gasteiger partial charge in [0.2, 0.25) is 10.0 Å². The number of rotatable bonds is 7. The van der Waals surface area contributed by atoms with E-state index in [-0.39, 0.29) is 6.54 Å². The van der Waals surface area contributed by atoms with Gasteiger partial charge in [0.15, 0.2) is 0 Å². The van der Waals surface area contributed by atoms with E-state index in [1.54, 1.807) is 13.0 Å². The molecule has 4 rings (SSSR count). The summed E-state index contributed by atoms with van der Waals surface area (Å²) < 4.78 is 30.6. The first kappa shape index (κ1) is 21.0. The third-order valence-corrected chi connectivity index (χ3v) is 6.70. The molecule has 0 saturated carbocycles. The van der Waals surface area contributed by atoms with Crippen molar-refractivity contribution in [2.24, 2.45) is 0 Å². The smallest absolute Gasteiger partial charge is 0.241 e. The standard InChI is InChI=1S/C25H25N3O2S/c1-19-13-14-20(2)24(15-19)31(29,30)26-16-23-18-28(17-21-9-5-3-6-10-21)27-25(23)22-11-7-4-8-12-22/h3-15,18,26H,16-17H2,1-2H3. The van der Waals surface area contributed by atoms with Gasteiger partial charge in [-0.1, -0.05) is 72.8 Å². The van der Waals surface area contributed by atoms with E-state index in [9.17, 15) is 8.42 Å². The molecule has 1 N–H and O–H groups in total. The van der Waals surface area contributed by atoms with Crippen LogP contribution in [0.1, 0.15) is 22.3 Å². The van der Waals surface area contributed by atoms with Crippen molar-refractivity contribution in [3.63, 3.8) is 0 Å². The summed E-state index contributed by atoms with van der Waals surface area (Å²) in [6, 6.07) is 25.3. The normalized spacial score (nSPS) is 11.5. The SMILES string of the molecule is Cc1ccc(C)c(S(=O)(=O)NCc2cn(Cc3ccccc3)nc2-c2ccccc2)c1. The molecule has 5 nitrogen and oxygen atoms in total. The number of aryl methyl sites for hydroxylation is 2. The zero-order chi connectivity index (χ0) is 21.8. The fourth-order valence-corrected chi connectivity index (χ4v) is 4.86. The van der Waals surface area contributed by atoms with Gasteiger partial charge in [-0.2, -0.15) is 5.10 Å². The fraction of sp³-hybridized carbons (Fsp3) is 0.160. The zero-order valence-electron chi connectivity index (χ0n) is 17.6. The maximum absolute atomic E-state index is 13.0. The Balaban J connectivity index is 1.64. The molecule has 0 radical (unpaired) electrons. The van der Waals surface area contributed by atoms with Crippen LogP contribution in [0, 0.1) is 13.8 Å². The Bertz CT molecular complexity index is 1280. The minimum atomic E-state index is -3.65. The lowest BCUT2D eigenvalue weighted by Crippen LogP contribution is -2.24. The van der Waals surface area contributed by atoms with Crippen LogP contribution in [0.15, 0.2) is 90.0 Å². The van der Waals surface area contributed by atoms with Crippen LogP contribution in [-0.2, 0) is 23.1 Å². The molecule has 0 saturated heterocycles. The van der Waals surface area contributed by atoms with Gasteiger partial charge in [0.1, 0.15) is 0 Å². The average molecular weight is 432 g/mol. The molecule has 0 aliphatic heterocycles. The summed E-state index contributed by atoms with van der Waals surface area (Å²) in [5.41, 5.74) is 5.33. The van der Waals surface area contributed by atoms with E-state index < -0.39 is 10.0 Å². The first-order valence-electron chi connectivity index (χ1n) is 10.1. The molecule has 6 heteroatoms. The van der Waals surface area contributed by atoms with Gasteiger partial charge in [-0.25, -0.2) is 13.1 Å². The van der Waals surface area contributed by atoms with E-state index in [0.717, 1.165) is 33.5 Å². The Kier molecular flexibility index (Phi) is 6.02. The molecule has 0 aliphatic carbocycles. The largest absolute Gasteiger partial charge is 0.267 e. The highest BCUT2D eigenvalue weighted by atomic mass is 32.2. The molecule has 0 atom stereocenters. The molecule has 0 spiro atoms. The lowest BCUT2D eigenvalue weighted by Gasteiger charge is -2.10. The lowest BCUT2D eigenvalue weighted by molar-refractivity contribution is 0.580. The van der Waals surface area contributed by atoms with Crippen molar-refractivity contribution < 1.29 is 8.42 Å². The highest BCUT2D eigenvalue weighted by molar-refractivity contribution is 7.89. The molecule has 0 unspecified atom stereocenters. The average Bonchev–Trinajstić information content (AvgIpc) is 3.18. The van der Waals surface area contributed by atoms with Gasteiger partial charge in [0.25, 0.3) is 0 Å². The summed E-state index contributed by atoms with van der Waals surface area (Å²) in [4.78, 5) is 0.311. The first-order valence-corrected chi connectivity index (χ1v) is 11.6. The van der Waals surface area contributed by atoms with E-state index in [0.29, 0.717) is 11.4 Å². The maximum Gasteiger partial charge on any atom is 0.241 e. The monoisotopic (exact) mass is 431 g/mol. The van der Waals surface area contributed by atoms with Crippen LogP contribution in [-0.4, -0.2) is 18.2 Å². The molecule has 0 aliphatic rings. The molecule has 1 heterocycles. The van der Waals surface area contributed by atoms with Crippen molar-refractivity contribution in [1.29, 1.82) is 0 Å². The van der Waals surface area contributed by atoms with E-state index in [1.165, 1.54) is 0 Å². The van der Waals surface area contributed by atoms with Gasteiger partial charge in [-0.05, 0) is 36.6 Å². The summed E-state index contributed by atoms with van der Waals surface area (Å²) in [6.45, 7) is 4.47. The van der Waals surface area contributed by atoms with Gasteiger partial charge in [-0.3, -0.25) is 4.68 Å². The van der Waals surface area contributed by atoms with Crippen molar-refractivity contribution in [3.8, 4) is 11.3 Å². The van der Waals surface area contributed by atoms with E-state index in [4.69, 9.17) is 5.10 Å². The van der Waals surface area contributed by atoms with Crippen LogP contribution >= 0.6 is 0 Å². The van der Waals surface area contributed by atoms with Crippen LogP contribution in [0.2, 0.25) is 0 Å². The number of benzene rings is 3. The summed E-state index contributed by atoms with van der Waals surface area (Å²) in [5.74, 6) is 0. The maximum atomic E-state index is 13.0. The van der Waals surface area contributed by atoms with Crippen LogP contribution in [0.25, 0.3) is 11.3 Å². The highest BCUT2D eigenvalue weighted by Crippen LogP contribution is 2.23. The molecule has 31 heavy (non-hydrogen) atoms. The summed E-state index contributed by atoms with van der Waals surface area (Å²) >= 11 is 0. The summed E-state index contributed by atoms with van der Waals surface area (Å²) in [7, 11) is -3.65. The Morgan fingerprint density at radius 2 is 1.58 bits per heavy atom. The minimum Gasteiger partial charge on any atom is -0.267 e. The number of hydrogen-bond acceptors (Lipinski definition) is 3. The molecule has 0 bridgehead atoms. The molecule has 3 aromatic carbocycles. The Labute approximate surface area is 183 Å². The molecule has 0 amide bonds. The number of hydrogen-bond donors (Lipinski definition) is 1.